The molecule has 0 unspecified atom stereocenters. The molecular formula is C29H34N2O4. The van der Waals surface area contributed by atoms with Crippen molar-refractivity contribution in [1.29, 1.82) is 0 Å². The van der Waals surface area contributed by atoms with Crippen LogP contribution in [0.2, 0.25) is 0 Å². The maximum atomic E-state index is 14.0. The van der Waals surface area contributed by atoms with Crippen LogP contribution in [-0.2, 0) is 25.7 Å². The molecule has 2 amide bonds. The van der Waals surface area contributed by atoms with Gasteiger partial charge in [0.2, 0.25) is 11.8 Å². The highest BCUT2D eigenvalue weighted by atomic mass is 16.5. The third-order valence-corrected chi connectivity index (χ3v) is 8.05. The number of allylic oxidation sites excluding steroid dienone is 1. The van der Waals surface area contributed by atoms with E-state index in [0.29, 0.717) is 19.4 Å². The molecular weight excluding hydrogens is 440 g/mol. The highest BCUT2D eigenvalue weighted by molar-refractivity contribution is 5.93. The van der Waals surface area contributed by atoms with Gasteiger partial charge in [-0.05, 0) is 54.9 Å². The largest absolute Gasteiger partial charge is 0.468 e. The molecule has 6 heteroatoms. The third kappa shape index (κ3) is 4.35. The van der Waals surface area contributed by atoms with Gasteiger partial charge >= 0.3 is 5.97 Å². The lowest BCUT2D eigenvalue weighted by atomic mass is 9.68. The van der Waals surface area contributed by atoms with Crippen LogP contribution in [0.5, 0.6) is 0 Å². The molecule has 2 aliphatic heterocycles. The lowest BCUT2D eigenvalue weighted by Gasteiger charge is -2.46. The number of rotatable bonds is 5. The average molecular weight is 475 g/mol. The molecule has 0 saturated carbocycles. The lowest BCUT2D eigenvalue weighted by molar-refractivity contribution is -0.160. The van der Waals surface area contributed by atoms with E-state index in [1.807, 2.05) is 29.2 Å². The van der Waals surface area contributed by atoms with Crippen molar-refractivity contribution in [2.75, 3.05) is 20.2 Å². The van der Waals surface area contributed by atoms with Gasteiger partial charge in [-0.25, -0.2) is 0 Å². The van der Waals surface area contributed by atoms with Crippen LogP contribution in [0.15, 0.2) is 54.2 Å². The van der Waals surface area contributed by atoms with Crippen molar-refractivity contribution in [2.24, 2.45) is 11.3 Å². The first kappa shape index (κ1) is 23.6. The summed E-state index contributed by atoms with van der Waals surface area (Å²) in [4.78, 5) is 44.1. The molecule has 184 valence electrons. The normalized spacial score (nSPS) is 24.7. The summed E-state index contributed by atoms with van der Waals surface area (Å²) in [6.45, 7) is 1.89. The number of hydrogen-bond donors (Lipinski definition) is 0. The number of nitrogens with zero attached hydrogens (tertiary/aromatic N) is 2. The Morgan fingerprint density at radius 1 is 1.03 bits per heavy atom. The highest BCUT2D eigenvalue weighted by Crippen LogP contribution is 2.50. The highest BCUT2D eigenvalue weighted by Gasteiger charge is 2.54. The molecule has 1 aliphatic carbocycles. The van der Waals surface area contributed by atoms with Crippen LogP contribution in [0.3, 0.4) is 0 Å². The molecule has 2 saturated heterocycles. The van der Waals surface area contributed by atoms with Crippen LogP contribution in [0, 0.1) is 11.3 Å². The number of methoxy groups -OCH3 is 1. The molecule has 2 heterocycles. The maximum absolute atomic E-state index is 14.0. The number of amides is 2. The Kier molecular flexibility index (Phi) is 6.63. The van der Waals surface area contributed by atoms with E-state index < -0.39 is 11.3 Å². The molecule has 5 rings (SSSR count). The molecule has 2 aromatic rings. The van der Waals surface area contributed by atoms with E-state index in [0.717, 1.165) is 67.2 Å². The number of likely N-dealkylation sites (tertiary alicyclic amines) is 2. The van der Waals surface area contributed by atoms with Crippen molar-refractivity contribution in [2.45, 2.75) is 57.9 Å². The molecule has 2 fully saturated rings. The summed E-state index contributed by atoms with van der Waals surface area (Å²) in [7, 11) is 1.43. The van der Waals surface area contributed by atoms with Crippen LogP contribution in [0.1, 0.15) is 56.9 Å². The van der Waals surface area contributed by atoms with Crippen molar-refractivity contribution in [3.8, 4) is 0 Å². The summed E-state index contributed by atoms with van der Waals surface area (Å²) in [5.41, 5.74) is 0.913. The first-order valence-corrected chi connectivity index (χ1v) is 12.9. The van der Waals surface area contributed by atoms with Gasteiger partial charge in [0.05, 0.1) is 13.7 Å². The van der Waals surface area contributed by atoms with E-state index in [4.69, 9.17) is 4.74 Å². The molecule has 2 atom stereocenters. The van der Waals surface area contributed by atoms with Crippen molar-refractivity contribution >= 4 is 28.6 Å². The first-order valence-electron chi connectivity index (χ1n) is 12.9. The predicted molar refractivity (Wildman–Crippen MR) is 134 cm³/mol. The predicted octanol–water partition coefficient (Wildman–Crippen LogP) is 4.82. The Hall–Kier alpha value is -3.15. The number of fused-ring (bicyclic) bond motifs is 2. The summed E-state index contributed by atoms with van der Waals surface area (Å²) in [5, 5.41) is 2.21. The average Bonchev–Trinajstić information content (AvgIpc) is 3.34. The van der Waals surface area contributed by atoms with Gasteiger partial charge in [-0.15, -0.1) is 0 Å². The molecule has 0 bridgehead atoms. The first-order chi connectivity index (χ1) is 17.0. The van der Waals surface area contributed by atoms with Gasteiger partial charge in [0.25, 0.3) is 0 Å². The fourth-order valence-corrected chi connectivity index (χ4v) is 6.27. The number of esters is 1. The SMILES string of the molecule is COC(=O)[C@]12CCCCC=C1N(Cc1cccc3ccccc13)C(=O)[C@H](CC(=O)N1CCCC1)C2. The van der Waals surface area contributed by atoms with Crippen LogP contribution in [-0.4, -0.2) is 47.8 Å². The number of ether oxygens (including phenoxy) is 1. The number of carbonyl (C=O) groups excluding carboxylic acids is 3. The van der Waals surface area contributed by atoms with Gasteiger partial charge in [0.15, 0.2) is 0 Å². The van der Waals surface area contributed by atoms with Gasteiger partial charge in [-0.3, -0.25) is 14.4 Å². The summed E-state index contributed by atoms with van der Waals surface area (Å²) < 4.78 is 5.35. The molecule has 2 aromatic carbocycles. The van der Waals surface area contributed by atoms with Crippen LogP contribution >= 0.6 is 0 Å². The Morgan fingerprint density at radius 2 is 1.80 bits per heavy atom. The van der Waals surface area contributed by atoms with Gasteiger partial charge < -0.3 is 14.5 Å². The molecule has 6 nitrogen and oxygen atoms in total. The zero-order chi connectivity index (χ0) is 24.4. The van der Waals surface area contributed by atoms with Crippen LogP contribution in [0.25, 0.3) is 10.8 Å². The molecule has 3 aliphatic rings. The van der Waals surface area contributed by atoms with Crippen LogP contribution in [0.4, 0.5) is 0 Å². The zero-order valence-corrected chi connectivity index (χ0v) is 20.5. The molecule has 0 radical (unpaired) electrons. The van der Waals surface area contributed by atoms with E-state index in [1.165, 1.54) is 7.11 Å². The van der Waals surface area contributed by atoms with Gasteiger partial charge in [-0.2, -0.15) is 0 Å². The summed E-state index contributed by atoms with van der Waals surface area (Å²) in [5.74, 6) is -0.864. The second-order valence-corrected chi connectivity index (χ2v) is 10.2. The molecule has 35 heavy (non-hydrogen) atoms. The quantitative estimate of drug-likeness (QED) is 0.583. The Morgan fingerprint density at radius 3 is 2.60 bits per heavy atom. The Balaban J connectivity index is 1.55. The minimum atomic E-state index is -0.889. The number of carbonyl (C=O) groups is 3. The second-order valence-electron chi connectivity index (χ2n) is 10.2. The van der Waals surface area contributed by atoms with Crippen molar-refractivity contribution in [3.63, 3.8) is 0 Å². The molecule has 0 N–H and O–H groups in total. The van der Waals surface area contributed by atoms with E-state index in [-0.39, 0.29) is 24.2 Å². The smallest absolute Gasteiger partial charge is 0.317 e. The third-order valence-electron chi connectivity index (χ3n) is 8.05. The summed E-state index contributed by atoms with van der Waals surface area (Å²) in [6.07, 6.45) is 7.91. The molecule has 0 spiro atoms. The van der Waals surface area contributed by atoms with E-state index >= 15 is 0 Å². The number of benzene rings is 2. The van der Waals surface area contributed by atoms with Gasteiger partial charge in [-0.1, -0.05) is 55.0 Å². The molecule has 0 aromatic heterocycles. The Bertz CT molecular complexity index is 1160. The number of hydrogen-bond acceptors (Lipinski definition) is 4. The van der Waals surface area contributed by atoms with Crippen molar-refractivity contribution < 1.29 is 19.1 Å². The monoisotopic (exact) mass is 474 g/mol. The fraction of sp³-hybridized carbons (Fsp3) is 0.483. The summed E-state index contributed by atoms with van der Waals surface area (Å²) in [6, 6.07) is 14.3. The minimum Gasteiger partial charge on any atom is -0.468 e. The topological polar surface area (TPSA) is 66.9 Å². The fourth-order valence-electron chi connectivity index (χ4n) is 6.27. The summed E-state index contributed by atoms with van der Waals surface area (Å²) >= 11 is 0. The van der Waals surface area contributed by atoms with Crippen LogP contribution < -0.4 is 0 Å². The van der Waals surface area contributed by atoms with E-state index in [1.54, 1.807) is 4.90 Å². The number of piperidine rings is 1. The minimum absolute atomic E-state index is 0.0204. The lowest BCUT2D eigenvalue weighted by Crippen LogP contribution is -2.53. The van der Waals surface area contributed by atoms with Crippen molar-refractivity contribution in [3.05, 3.63) is 59.8 Å². The van der Waals surface area contributed by atoms with E-state index in [9.17, 15) is 14.4 Å². The maximum Gasteiger partial charge on any atom is 0.317 e. The van der Waals surface area contributed by atoms with Gasteiger partial charge in [0.1, 0.15) is 5.41 Å². The van der Waals surface area contributed by atoms with Crippen molar-refractivity contribution in [1.82, 2.24) is 9.80 Å². The zero-order valence-electron chi connectivity index (χ0n) is 20.5. The van der Waals surface area contributed by atoms with E-state index in [2.05, 4.69) is 24.3 Å². The standard InChI is InChI=1S/C29H34N2O4/c1-35-28(34)29-15-6-2-3-14-25(29)31(20-22-12-9-11-21-10-4-5-13-24(21)22)27(33)23(19-29)18-26(32)30-16-7-8-17-30/h4-5,9-14,23H,2-3,6-8,15-20H2,1H3/t23-,29+/m1/s1. The van der Waals surface area contributed by atoms with Gasteiger partial charge in [0, 0.05) is 31.1 Å². The second kappa shape index (κ2) is 9.84. The Labute approximate surface area is 206 Å².